The molecule has 0 aromatic heterocycles. The van der Waals surface area contributed by atoms with Gasteiger partial charge in [-0.3, -0.25) is 14.2 Å². The number of phosphoric acid groups is 1. The summed E-state index contributed by atoms with van der Waals surface area (Å²) in [6, 6.07) is 0. The molecule has 0 saturated heterocycles. The highest BCUT2D eigenvalue weighted by molar-refractivity contribution is 7.45. The van der Waals surface area contributed by atoms with Gasteiger partial charge in [-0.25, -0.2) is 0 Å². The summed E-state index contributed by atoms with van der Waals surface area (Å²) in [5, 5.41) is 0. The Morgan fingerprint density at radius 1 is 0.381 bits per heavy atom. The van der Waals surface area contributed by atoms with E-state index in [1.807, 2.05) is 21.1 Å². The van der Waals surface area contributed by atoms with Gasteiger partial charge in [0, 0.05) is 12.8 Å². The van der Waals surface area contributed by atoms with E-state index in [1.165, 1.54) is 205 Å². The summed E-state index contributed by atoms with van der Waals surface area (Å²) in [6.45, 7) is 4.17. The monoisotopic (exact) mass is 1200 g/mol. The number of ether oxygens (including phenoxy) is 2. The fourth-order valence-electron chi connectivity index (χ4n) is 10.1. The molecule has 0 amide bonds. The van der Waals surface area contributed by atoms with Crippen molar-refractivity contribution in [3.63, 3.8) is 0 Å². The topological polar surface area (TPSA) is 111 Å². The van der Waals surface area contributed by atoms with Crippen LogP contribution in [-0.2, 0) is 32.7 Å². The van der Waals surface area contributed by atoms with Gasteiger partial charge in [0.05, 0.1) is 27.7 Å². The number of hydrogen-bond donors (Lipinski definition) is 0. The third-order valence-electron chi connectivity index (χ3n) is 15.4. The SMILES string of the molecule is CC/C=C\C/C=C\C/C=C\C/C=C\C/C=C\C/C=C\C/C=C\CCCCCCCCCCCCCCCCCC(=O)OC(COC(=O)CCCCCCCCCCCCCCCCCCCCCCCCC)COP(=O)([O-])OCC[N+](C)(C)C. The molecule has 0 aliphatic heterocycles. The highest BCUT2D eigenvalue weighted by Crippen LogP contribution is 2.38. The number of phosphoric ester groups is 1. The quantitative estimate of drug-likeness (QED) is 0.0195. The summed E-state index contributed by atoms with van der Waals surface area (Å²) in [6.07, 6.45) is 88.1. The average molecular weight is 1200 g/mol. The van der Waals surface area contributed by atoms with Gasteiger partial charge in [-0.1, -0.05) is 324 Å². The van der Waals surface area contributed by atoms with Crippen LogP contribution in [0, 0.1) is 0 Å². The lowest BCUT2D eigenvalue weighted by atomic mass is 10.0. The molecular weight excluding hydrogens is 1060 g/mol. The number of quaternary nitrogens is 1. The molecule has 0 heterocycles. The number of likely N-dealkylation sites (N-methyl/N-ethyl adjacent to an activating group) is 1. The van der Waals surface area contributed by atoms with Gasteiger partial charge in [-0.05, 0) is 70.6 Å². The van der Waals surface area contributed by atoms with Crippen molar-refractivity contribution in [1.29, 1.82) is 0 Å². The van der Waals surface area contributed by atoms with Crippen LogP contribution in [0.3, 0.4) is 0 Å². The summed E-state index contributed by atoms with van der Waals surface area (Å²) in [5.41, 5.74) is 0. The lowest BCUT2D eigenvalue weighted by Gasteiger charge is -2.28. The normalized spacial score (nSPS) is 13.6. The van der Waals surface area contributed by atoms with E-state index in [9.17, 15) is 19.0 Å². The summed E-state index contributed by atoms with van der Waals surface area (Å²) in [7, 11) is 1.18. The second-order valence-corrected chi connectivity index (χ2v) is 26.3. The smallest absolute Gasteiger partial charge is 0.306 e. The minimum Gasteiger partial charge on any atom is -0.756 e. The number of nitrogens with zero attached hydrogens (tertiary/aromatic N) is 1. The van der Waals surface area contributed by atoms with E-state index in [4.69, 9.17) is 18.5 Å². The number of hydrogen-bond acceptors (Lipinski definition) is 8. The fourth-order valence-corrected chi connectivity index (χ4v) is 10.8. The first-order valence-corrected chi connectivity index (χ1v) is 36.8. The number of allylic oxidation sites excluding steroid dienone is 14. The van der Waals surface area contributed by atoms with Crippen molar-refractivity contribution >= 4 is 19.8 Å². The molecule has 0 aromatic rings. The number of esters is 2. The first-order valence-electron chi connectivity index (χ1n) is 35.3. The van der Waals surface area contributed by atoms with E-state index in [0.717, 1.165) is 83.5 Å². The Balaban J connectivity index is 4.02. The van der Waals surface area contributed by atoms with E-state index < -0.39 is 26.5 Å². The highest BCUT2D eigenvalue weighted by atomic mass is 31.2. The molecule has 0 aliphatic rings. The molecule has 0 fully saturated rings. The van der Waals surface area contributed by atoms with E-state index in [2.05, 4.69) is 98.9 Å². The van der Waals surface area contributed by atoms with E-state index in [0.29, 0.717) is 17.4 Å². The Morgan fingerprint density at radius 2 is 0.679 bits per heavy atom. The Bertz CT molecular complexity index is 1690. The number of carbonyl (C=O) groups is 2. The van der Waals surface area contributed by atoms with Crippen molar-refractivity contribution in [3.8, 4) is 0 Å². The zero-order chi connectivity index (χ0) is 61.2. The molecule has 0 spiro atoms. The number of carbonyl (C=O) groups excluding carboxylic acids is 2. The van der Waals surface area contributed by atoms with Crippen molar-refractivity contribution < 1.29 is 42.1 Å². The molecule has 0 bridgehead atoms. The number of unbranched alkanes of at least 4 members (excludes halogenated alkanes) is 37. The highest BCUT2D eigenvalue weighted by Gasteiger charge is 2.22. The van der Waals surface area contributed by atoms with Gasteiger partial charge >= 0.3 is 11.9 Å². The summed E-state index contributed by atoms with van der Waals surface area (Å²) in [4.78, 5) is 38.1. The first kappa shape index (κ1) is 81.2. The van der Waals surface area contributed by atoms with Crippen molar-refractivity contribution in [2.45, 2.75) is 328 Å². The van der Waals surface area contributed by atoms with Gasteiger partial charge in [-0.15, -0.1) is 0 Å². The molecule has 0 rings (SSSR count). The lowest BCUT2D eigenvalue weighted by molar-refractivity contribution is -0.870. The summed E-state index contributed by atoms with van der Waals surface area (Å²) in [5.74, 6) is -0.819. The van der Waals surface area contributed by atoms with Crippen molar-refractivity contribution in [1.82, 2.24) is 0 Å². The van der Waals surface area contributed by atoms with Crippen molar-refractivity contribution in [3.05, 3.63) is 85.1 Å². The molecule has 488 valence electrons. The fraction of sp³-hybridized carbons (Fsp3) is 0.784. The molecule has 0 aromatic carbocycles. The van der Waals surface area contributed by atoms with Crippen LogP contribution in [0.25, 0.3) is 0 Å². The minimum atomic E-state index is -4.64. The molecular formula is C74H134NO8P. The molecule has 0 radical (unpaired) electrons. The molecule has 0 aliphatic carbocycles. The lowest BCUT2D eigenvalue weighted by Crippen LogP contribution is -2.37. The van der Waals surface area contributed by atoms with E-state index in [1.54, 1.807) is 0 Å². The maximum absolute atomic E-state index is 12.9. The van der Waals surface area contributed by atoms with E-state index >= 15 is 0 Å². The third-order valence-corrected chi connectivity index (χ3v) is 16.4. The molecule has 0 N–H and O–H groups in total. The first-order chi connectivity index (χ1) is 41.0. The second-order valence-electron chi connectivity index (χ2n) is 24.9. The van der Waals surface area contributed by atoms with Crippen LogP contribution in [0.5, 0.6) is 0 Å². The van der Waals surface area contributed by atoms with Crippen LogP contribution < -0.4 is 4.89 Å². The maximum atomic E-state index is 12.9. The summed E-state index contributed by atoms with van der Waals surface area (Å²) < 4.78 is 34.3. The zero-order valence-electron chi connectivity index (χ0n) is 55.6. The van der Waals surface area contributed by atoms with Gasteiger partial charge in [0.1, 0.15) is 19.8 Å². The Labute approximate surface area is 520 Å². The number of rotatable bonds is 65. The van der Waals surface area contributed by atoms with Crippen LogP contribution in [0.1, 0.15) is 322 Å². The molecule has 10 heteroatoms. The Morgan fingerprint density at radius 3 is 1.01 bits per heavy atom. The van der Waals surface area contributed by atoms with Gasteiger partial charge < -0.3 is 27.9 Å². The van der Waals surface area contributed by atoms with E-state index in [-0.39, 0.29) is 32.0 Å². The molecule has 2 atom stereocenters. The van der Waals surface area contributed by atoms with Crippen molar-refractivity contribution in [2.24, 2.45) is 0 Å². The third kappa shape index (κ3) is 68.3. The van der Waals surface area contributed by atoms with Gasteiger partial charge in [-0.2, -0.15) is 0 Å². The predicted octanol–water partition coefficient (Wildman–Crippen LogP) is 22.3. The molecule has 2 unspecified atom stereocenters. The van der Waals surface area contributed by atoms with Gasteiger partial charge in [0.25, 0.3) is 7.82 Å². The van der Waals surface area contributed by atoms with Crippen LogP contribution in [0.4, 0.5) is 0 Å². The molecule has 84 heavy (non-hydrogen) atoms. The van der Waals surface area contributed by atoms with Crippen LogP contribution >= 0.6 is 7.82 Å². The maximum Gasteiger partial charge on any atom is 0.306 e. The second kappa shape index (κ2) is 64.7. The average Bonchev–Trinajstić information content (AvgIpc) is 3.61. The zero-order valence-corrected chi connectivity index (χ0v) is 56.5. The summed E-state index contributed by atoms with van der Waals surface area (Å²) >= 11 is 0. The van der Waals surface area contributed by atoms with Crippen LogP contribution in [-0.4, -0.2) is 70.0 Å². The minimum absolute atomic E-state index is 0.0308. The predicted molar refractivity (Wildman–Crippen MR) is 360 cm³/mol. The largest absolute Gasteiger partial charge is 0.756 e. The molecule has 0 saturated carbocycles. The van der Waals surface area contributed by atoms with Crippen LogP contribution in [0.15, 0.2) is 85.1 Å². The van der Waals surface area contributed by atoms with Crippen LogP contribution in [0.2, 0.25) is 0 Å². The Hall–Kier alpha value is -2.81. The standard InChI is InChI=1S/C74H134NO8P/c1-6-8-10-12-14-16-18-20-22-24-26-28-30-31-32-33-34-35-36-37-38-39-40-41-42-43-45-47-49-51-53-55-57-59-61-63-65-67-74(77)83-72(71-82-84(78,79)81-69-68-75(3,4)5)70-80-73(76)66-64-62-60-58-56-54-52-50-48-46-44-29-27-25-23-21-19-17-15-13-11-9-7-2/h8,10,14,16,20,22,26,28,31-32,34-35,37-38,72H,6-7,9,11-13,15,17-19,21,23-25,27,29-30,33,36,39-71H2,1-5H3/b10-8-,16-14-,22-20-,28-26-,32-31-,35-34-,38-37-. The Kier molecular flexibility index (Phi) is 62.5. The van der Waals surface area contributed by atoms with Gasteiger partial charge in [0.2, 0.25) is 0 Å². The van der Waals surface area contributed by atoms with Gasteiger partial charge in [0.15, 0.2) is 6.10 Å². The molecule has 9 nitrogen and oxygen atoms in total. The van der Waals surface area contributed by atoms with Crippen molar-refractivity contribution in [2.75, 3.05) is 47.5 Å².